The Hall–Kier alpha value is -2.56. The van der Waals surface area contributed by atoms with Crippen LogP contribution < -0.4 is 18.6 Å². The molecule has 29 heavy (non-hydrogen) atoms. The Bertz CT molecular complexity index is 1090. The number of nitrogens with zero attached hydrogens (tertiary/aromatic N) is 1. The molecule has 1 aliphatic rings. The Morgan fingerprint density at radius 1 is 1.03 bits per heavy atom. The van der Waals surface area contributed by atoms with Crippen molar-refractivity contribution in [3.05, 3.63) is 52.9 Å². The Morgan fingerprint density at radius 3 is 2.31 bits per heavy atom. The molecule has 0 atom stereocenters. The minimum atomic E-state index is -3.69. The molecular weight excluding hydrogens is 434 g/mol. The molecule has 1 saturated heterocycles. The largest absolute Gasteiger partial charge is 0.497 e. The van der Waals surface area contributed by atoms with Crippen molar-refractivity contribution < 1.29 is 26.9 Å². The van der Waals surface area contributed by atoms with E-state index in [1.165, 1.54) is 29.8 Å². The molecule has 0 bridgehead atoms. The number of thioether (sulfide) groups is 1. The molecule has 1 fully saturated rings. The van der Waals surface area contributed by atoms with E-state index in [9.17, 15) is 13.2 Å². The number of carbonyl (C=O) groups excluding carboxylic acids is 1. The molecule has 152 valence electrons. The zero-order chi connectivity index (χ0) is 21.2. The minimum Gasteiger partial charge on any atom is -0.497 e. The highest BCUT2D eigenvalue weighted by atomic mass is 32.2. The van der Waals surface area contributed by atoms with Crippen LogP contribution in [-0.2, 0) is 14.9 Å². The van der Waals surface area contributed by atoms with Crippen LogP contribution in [-0.4, -0.2) is 39.1 Å². The molecule has 0 aromatic heterocycles. The molecule has 0 aliphatic carbocycles. The molecule has 0 saturated carbocycles. The summed E-state index contributed by atoms with van der Waals surface area (Å²) in [4.78, 5) is 14.7. The van der Waals surface area contributed by atoms with Crippen LogP contribution in [0.4, 0.5) is 5.69 Å². The summed E-state index contributed by atoms with van der Waals surface area (Å²) < 4.78 is 38.4. The SMILES string of the molecule is COc1ccc(N2C(=O)/C(=C\c3ccc(OS(C)(=O)=O)c(OC)c3)SC2=S)cc1. The molecule has 1 amide bonds. The number of ether oxygens (including phenoxy) is 2. The fourth-order valence-corrected chi connectivity index (χ4v) is 4.34. The molecule has 1 aliphatic heterocycles. The van der Waals surface area contributed by atoms with Crippen molar-refractivity contribution in [2.75, 3.05) is 25.4 Å². The second-order valence-corrected chi connectivity index (χ2v) is 9.16. The van der Waals surface area contributed by atoms with Gasteiger partial charge in [-0.25, -0.2) is 0 Å². The monoisotopic (exact) mass is 451 g/mol. The van der Waals surface area contributed by atoms with Crippen LogP contribution in [0.25, 0.3) is 6.08 Å². The maximum Gasteiger partial charge on any atom is 0.306 e. The number of amides is 1. The number of methoxy groups -OCH3 is 2. The first-order valence-corrected chi connectivity index (χ1v) is 11.3. The van der Waals surface area contributed by atoms with Crippen molar-refractivity contribution in [3.8, 4) is 17.2 Å². The molecule has 0 radical (unpaired) electrons. The van der Waals surface area contributed by atoms with Gasteiger partial charge >= 0.3 is 10.1 Å². The molecule has 10 heteroatoms. The molecule has 1 heterocycles. The van der Waals surface area contributed by atoms with E-state index in [0.717, 1.165) is 6.26 Å². The van der Waals surface area contributed by atoms with Crippen molar-refractivity contribution in [1.29, 1.82) is 0 Å². The van der Waals surface area contributed by atoms with Gasteiger partial charge in [-0.05, 0) is 48.0 Å². The highest BCUT2D eigenvalue weighted by molar-refractivity contribution is 8.27. The second-order valence-electron chi connectivity index (χ2n) is 5.91. The molecular formula is C19H17NO6S3. The lowest BCUT2D eigenvalue weighted by Gasteiger charge is -2.14. The van der Waals surface area contributed by atoms with E-state index in [-0.39, 0.29) is 17.4 Å². The third kappa shape index (κ3) is 4.89. The maximum atomic E-state index is 12.9. The number of hydrogen-bond donors (Lipinski definition) is 0. The number of anilines is 1. The predicted octanol–water partition coefficient (Wildman–Crippen LogP) is 3.45. The van der Waals surface area contributed by atoms with E-state index in [2.05, 4.69) is 0 Å². The average molecular weight is 452 g/mol. The molecule has 3 rings (SSSR count). The standard InChI is InChI=1S/C19H17NO6S3/c1-24-14-7-5-13(6-8-14)20-18(21)17(28-19(20)27)11-12-4-9-15(16(10-12)25-2)26-29(3,22)23/h4-11H,1-3H3/b17-11+. The molecule has 0 unspecified atom stereocenters. The Kier molecular flexibility index (Phi) is 6.15. The number of rotatable bonds is 6. The summed E-state index contributed by atoms with van der Waals surface area (Å²) >= 11 is 6.55. The zero-order valence-corrected chi connectivity index (χ0v) is 18.2. The first-order valence-electron chi connectivity index (χ1n) is 8.21. The van der Waals surface area contributed by atoms with Crippen LogP contribution in [0, 0.1) is 0 Å². The zero-order valence-electron chi connectivity index (χ0n) is 15.7. The van der Waals surface area contributed by atoms with Gasteiger partial charge in [0.05, 0.1) is 31.1 Å². The van der Waals surface area contributed by atoms with E-state index in [1.807, 2.05) is 0 Å². The lowest BCUT2D eigenvalue weighted by atomic mass is 10.2. The predicted molar refractivity (Wildman–Crippen MR) is 117 cm³/mol. The summed E-state index contributed by atoms with van der Waals surface area (Å²) in [5.41, 5.74) is 1.28. The van der Waals surface area contributed by atoms with Crippen molar-refractivity contribution >= 4 is 56.1 Å². The molecule has 7 nitrogen and oxygen atoms in total. The quantitative estimate of drug-likeness (QED) is 0.375. The van der Waals surface area contributed by atoms with Gasteiger partial charge in [-0.2, -0.15) is 8.42 Å². The van der Waals surface area contributed by atoms with Crippen LogP contribution in [0.2, 0.25) is 0 Å². The first kappa shape index (κ1) is 21.2. The van der Waals surface area contributed by atoms with E-state index in [0.29, 0.717) is 26.2 Å². The Balaban J connectivity index is 1.88. The van der Waals surface area contributed by atoms with Crippen LogP contribution in [0.3, 0.4) is 0 Å². The summed E-state index contributed by atoms with van der Waals surface area (Å²) in [5.74, 6) is 0.728. The van der Waals surface area contributed by atoms with Crippen LogP contribution in [0.5, 0.6) is 17.2 Å². The summed E-state index contributed by atoms with van der Waals surface area (Å²) in [5, 5.41) is 0. The number of benzene rings is 2. The average Bonchev–Trinajstić information content (AvgIpc) is 2.95. The van der Waals surface area contributed by atoms with E-state index < -0.39 is 10.1 Å². The van der Waals surface area contributed by atoms with Crippen LogP contribution in [0.15, 0.2) is 47.4 Å². The molecule has 0 spiro atoms. The smallest absolute Gasteiger partial charge is 0.306 e. The summed E-state index contributed by atoms with van der Waals surface area (Å²) in [6.07, 6.45) is 2.61. The fraction of sp³-hybridized carbons (Fsp3) is 0.158. The van der Waals surface area contributed by atoms with Gasteiger partial charge in [-0.1, -0.05) is 30.0 Å². The maximum absolute atomic E-state index is 12.9. The normalized spacial score (nSPS) is 15.7. The lowest BCUT2D eigenvalue weighted by Crippen LogP contribution is -2.27. The van der Waals surface area contributed by atoms with Gasteiger partial charge in [0, 0.05) is 0 Å². The van der Waals surface area contributed by atoms with Gasteiger partial charge in [0.15, 0.2) is 15.8 Å². The highest BCUT2D eigenvalue weighted by Crippen LogP contribution is 2.37. The third-order valence-corrected chi connectivity index (χ3v) is 5.64. The van der Waals surface area contributed by atoms with Gasteiger partial charge in [0.25, 0.3) is 5.91 Å². The number of carbonyl (C=O) groups is 1. The highest BCUT2D eigenvalue weighted by Gasteiger charge is 2.33. The topological polar surface area (TPSA) is 82.1 Å². The molecule has 2 aromatic carbocycles. The van der Waals surface area contributed by atoms with Crippen LogP contribution in [0.1, 0.15) is 5.56 Å². The number of hydrogen-bond acceptors (Lipinski definition) is 8. The first-order chi connectivity index (χ1) is 13.7. The Morgan fingerprint density at radius 2 is 1.72 bits per heavy atom. The van der Waals surface area contributed by atoms with Gasteiger partial charge < -0.3 is 13.7 Å². The number of thiocarbonyl (C=S) groups is 1. The fourth-order valence-electron chi connectivity index (χ4n) is 2.58. The van der Waals surface area contributed by atoms with Gasteiger partial charge in [0.2, 0.25) is 0 Å². The summed E-state index contributed by atoms with van der Waals surface area (Å²) in [7, 11) is -0.723. The second kappa shape index (κ2) is 8.44. The van der Waals surface area contributed by atoms with Gasteiger partial charge in [-0.3, -0.25) is 9.69 Å². The van der Waals surface area contributed by atoms with Crippen molar-refractivity contribution in [2.45, 2.75) is 0 Å². The van der Waals surface area contributed by atoms with Crippen molar-refractivity contribution in [2.24, 2.45) is 0 Å². The van der Waals surface area contributed by atoms with E-state index >= 15 is 0 Å². The third-order valence-electron chi connectivity index (χ3n) is 3.85. The van der Waals surface area contributed by atoms with E-state index in [1.54, 1.807) is 49.6 Å². The van der Waals surface area contributed by atoms with Crippen molar-refractivity contribution in [3.63, 3.8) is 0 Å². The van der Waals surface area contributed by atoms with Crippen molar-refractivity contribution in [1.82, 2.24) is 0 Å². The minimum absolute atomic E-state index is 0.0675. The van der Waals surface area contributed by atoms with Gasteiger partial charge in [0.1, 0.15) is 5.75 Å². The summed E-state index contributed by atoms with van der Waals surface area (Å²) in [6.45, 7) is 0. The summed E-state index contributed by atoms with van der Waals surface area (Å²) in [6, 6.07) is 11.7. The Labute approximate surface area is 178 Å². The van der Waals surface area contributed by atoms with E-state index in [4.69, 9.17) is 25.9 Å². The van der Waals surface area contributed by atoms with Gasteiger partial charge in [-0.15, -0.1) is 0 Å². The molecule has 2 aromatic rings. The van der Waals surface area contributed by atoms with Crippen LogP contribution >= 0.6 is 24.0 Å². The lowest BCUT2D eigenvalue weighted by molar-refractivity contribution is -0.113. The molecule has 0 N–H and O–H groups in total.